The fourth-order valence-electron chi connectivity index (χ4n) is 6.50. The highest BCUT2D eigenvalue weighted by atomic mass is 16.7. The van der Waals surface area contributed by atoms with Gasteiger partial charge in [-0.2, -0.15) is 0 Å². The van der Waals surface area contributed by atoms with Crippen molar-refractivity contribution in [3.05, 3.63) is 0 Å². The highest BCUT2D eigenvalue weighted by molar-refractivity contribution is 5.72. The van der Waals surface area contributed by atoms with Crippen LogP contribution in [-0.4, -0.2) is 68.6 Å². The molecule has 0 saturated carbocycles. The lowest BCUT2D eigenvalue weighted by Gasteiger charge is -2.20. The summed E-state index contributed by atoms with van der Waals surface area (Å²) in [6.07, 6.45) is 27.4. The number of carbonyl (C=O) groups excluding carboxylic acids is 3. The van der Waals surface area contributed by atoms with Gasteiger partial charge in [-0.3, -0.25) is 9.59 Å². The molecule has 0 amide bonds. The van der Waals surface area contributed by atoms with Crippen molar-refractivity contribution in [2.24, 2.45) is 5.92 Å². The minimum Gasteiger partial charge on any atom is -0.466 e. The fraction of sp³-hybridized carbons (Fsp3) is 0.930. The molecule has 302 valence electrons. The van der Waals surface area contributed by atoms with Crippen molar-refractivity contribution in [1.29, 1.82) is 0 Å². The minimum atomic E-state index is -0.726. The average molecular weight is 726 g/mol. The van der Waals surface area contributed by atoms with E-state index in [0.717, 1.165) is 83.8 Å². The zero-order chi connectivity index (χ0) is 37.6. The van der Waals surface area contributed by atoms with Crippen molar-refractivity contribution < 1.29 is 33.3 Å². The summed E-state index contributed by atoms with van der Waals surface area (Å²) in [6, 6.07) is 0. The first-order chi connectivity index (χ1) is 24.9. The van der Waals surface area contributed by atoms with Crippen LogP contribution in [0.1, 0.15) is 208 Å². The lowest BCUT2D eigenvalue weighted by Crippen LogP contribution is -2.27. The van der Waals surface area contributed by atoms with Crippen molar-refractivity contribution in [2.45, 2.75) is 214 Å². The molecule has 0 bridgehead atoms. The van der Waals surface area contributed by atoms with Gasteiger partial charge in [0.1, 0.15) is 6.10 Å². The van der Waals surface area contributed by atoms with Crippen molar-refractivity contribution in [1.82, 2.24) is 4.90 Å². The highest BCUT2D eigenvalue weighted by Gasteiger charge is 2.22. The number of unbranched alkanes of at least 4 members (excludes halogenated alkanes) is 18. The van der Waals surface area contributed by atoms with Gasteiger partial charge in [-0.15, -0.1) is 0 Å². The third-order valence-electron chi connectivity index (χ3n) is 10.0. The lowest BCUT2D eigenvalue weighted by molar-refractivity contribution is -0.150. The van der Waals surface area contributed by atoms with Crippen LogP contribution in [0.5, 0.6) is 0 Å². The van der Waals surface area contributed by atoms with E-state index in [0.29, 0.717) is 19.3 Å². The Kier molecular flexibility index (Phi) is 36.6. The number of rotatable bonds is 38. The molecule has 0 aliphatic rings. The van der Waals surface area contributed by atoms with Crippen LogP contribution in [0.25, 0.3) is 0 Å². The predicted octanol–water partition coefficient (Wildman–Crippen LogP) is 12.1. The Labute approximate surface area is 315 Å². The first-order valence-electron chi connectivity index (χ1n) is 21.8. The van der Waals surface area contributed by atoms with E-state index in [1.165, 1.54) is 89.9 Å². The second-order valence-electron chi connectivity index (χ2n) is 14.6. The summed E-state index contributed by atoms with van der Waals surface area (Å²) in [7, 11) is 0. The molecule has 0 radical (unpaired) electrons. The first-order valence-corrected chi connectivity index (χ1v) is 21.8. The number of carbonyl (C=O) groups is 3. The molecular formula is C43H83NO7. The van der Waals surface area contributed by atoms with Gasteiger partial charge in [-0.25, -0.2) is 4.79 Å². The summed E-state index contributed by atoms with van der Waals surface area (Å²) < 4.78 is 22.4. The quantitative estimate of drug-likeness (QED) is 0.0353. The highest BCUT2D eigenvalue weighted by Crippen LogP contribution is 2.21. The second-order valence-corrected chi connectivity index (χ2v) is 14.6. The topological polar surface area (TPSA) is 91.4 Å². The SMILES string of the molecule is CCCCCCCCCCCC(=O)OCCC(CCOC(=O)C(CCCCCCCC)CCCCCCCC)OC(=O)OCCCN(CC)CC. The summed E-state index contributed by atoms with van der Waals surface area (Å²) in [6.45, 7) is 14.3. The second kappa shape index (κ2) is 37.9. The molecule has 0 rings (SSSR count). The Morgan fingerprint density at radius 1 is 0.471 bits per heavy atom. The van der Waals surface area contributed by atoms with Crippen LogP contribution in [-0.2, 0) is 28.5 Å². The Balaban J connectivity index is 4.89. The fourth-order valence-corrected chi connectivity index (χ4v) is 6.50. The monoisotopic (exact) mass is 726 g/mol. The van der Waals surface area contributed by atoms with Gasteiger partial charge in [-0.1, -0.05) is 163 Å². The van der Waals surface area contributed by atoms with E-state index >= 15 is 0 Å². The molecular weight excluding hydrogens is 642 g/mol. The molecule has 51 heavy (non-hydrogen) atoms. The molecule has 0 fully saturated rings. The van der Waals surface area contributed by atoms with Crippen LogP contribution in [0.15, 0.2) is 0 Å². The Morgan fingerprint density at radius 3 is 1.41 bits per heavy atom. The zero-order valence-corrected chi connectivity index (χ0v) is 34.3. The molecule has 0 spiro atoms. The lowest BCUT2D eigenvalue weighted by atomic mass is 9.94. The predicted molar refractivity (Wildman–Crippen MR) is 211 cm³/mol. The van der Waals surface area contributed by atoms with E-state index < -0.39 is 12.3 Å². The minimum absolute atomic E-state index is 0.0838. The van der Waals surface area contributed by atoms with Crippen molar-refractivity contribution >= 4 is 18.1 Å². The maximum absolute atomic E-state index is 13.3. The van der Waals surface area contributed by atoms with Gasteiger partial charge in [0, 0.05) is 25.8 Å². The standard InChI is InChI=1S/C43H83NO7/c1-6-11-14-17-20-21-22-25-28-32-41(45)48-37-33-40(51-43(47)50-36-29-35-44(9-4)10-5)34-38-49-42(46)39(30-26-23-18-15-12-7-2)31-27-24-19-16-13-8-3/h39-40H,6-38H2,1-5H3. The summed E-state index contributed by atoms with van der Waals surface area (Å²) in [5, 5.41) is 0. The van der Waals surface area contributed by atoms with Gasteiger partial charge < -0.3 is 23.8 Å². The van der Waals surface area contributed by atoms with Crippen LogP contribution >= 0.6 is 0 Å². The molecule has 8 heteroatoms. The van der Waals surface area contributed by atoms with Gasteiger partial charge in [0.2, 0.25) is 0 Å². The molecule has 0 aromatic carbocycles. The molecule has 8 nitrogen and oxygen atoms in total. The van der Waals surface area contributed by atoms with Crippen LogP contribution in [0.4, 0.5) is 4.79 Å². The normalized spacial score (nSPS) is 12.0. The van der Waals surface area contributed by atoms with E-state index in [9.17, 15) is 14.4 Å². The number of hydrogen-bond donors (Lipinski definition) is 0. The number of ether oxygens (including phenoxy) is 4. The average Bonchev–Trinajstić information content (AvgIpc) is 3.12. The van der Waals surface area contributed by atoms with Crippen molar-refractivity contribution in [2.75, 3.05) is 39.5 Å². The number of nitrogens with zero attached hydrogens (tertiary/aromatic N) is 1. The molecule has 1 atom stereocenters. The maximum atomic E-state index is 13.3. The van der Waals surface area contributed by atoms with Crippen LogP contribution < -0.4 is 0 Å². The molecule has 0 saturated heterocycles. The van der Waals surface area contributed by atoms with E-state index in [-0.39, 0.29) is 37.7 Å². The zero-order valence-electron chi connectivity index (χ0n) is 34.3. The van der Waals surface area contributed by atoms with Gasteiger partial charge >= 0.3 is 18.1 Å². The Morgan fingerprint density at radius 2 is 0.922 bits per heavy atom. The summed E-state index contributed by atoms with van der Waals surface area (Å²) in [5.41, 5.74) is 0. The van der Waals surface area contributed by atoms with E-state index in [2.05, 4.69) is 39.5 Å². The Hall–Kier alpha value is -1.83. The van der Waals surface area contributed by atoms with E-state index in [1.807, 2.05) is 0 Å². The van der Waals surface area contributed by atoms with Crippen LogP contribution in [0.2, 0.25) is 0 Å². The largest absolute Gasteiger partial charge is 0.508 e. The number of hydrogen-bond acceptors (Lipinski definition) is 8. The van der Waals surface area contributed by atoms with Crippen molar-refractivity contribution in [3.8, 4) is 0 Å². The van der Waals surface area contributed by atoms with Gasteiger partial charge in [0.05, 0.1) is 25.7 Å². The van der Waals surface area contributed by atoms with Crippen molar-refractivity contribution in [3.63, 3.8) is 0 Å². The maximum Gasteiger partial charge on any atom is 0.508 e. The molecule has 0 heterocycles. The number of esters is 2. The van der Waals surface area contributed by atoms with Gasteiger partial charge in [0.25, 0.3) is 0 Å². The van der Waals surface area contributed by atoms with E-state index in [4.69, 9.17) is 18.9 Å². The van der Waals surface area contributed by atoms with E-state index in [1.54, 1.807) is 0 Å². The summed E-state index contributed by atoms with van der Waals surface area (Å²) in [4.78, 5) is 40.5. The smallest absolute Gasteiger partial charge is 0.466 e. The van der Waals surface area contributed by atoms with Crippen LogP contribution in [0, 0.1) is 5.92 Å². The molecule has 0 aliphatic carbocycles. The molecule has 0 aromatic heterocycles. The molecule has 0 aliphatic heterocycles. The third-order valence-corrected chi connectivity index (χ3v) is 10.0. The molecule has 1 unspecified atom stereocenters. The first kappa shape index (κ1) is 49.2. The molecule has 0 N–H and O–H groups in total. The van der Waals surface area contributed by atoms with Gasteiger partial charge in [0.15, 0.2) is 0 Å². The summed E-state index contributed by atoms with van der Waals surface area (Å²) in [5.74, 6) is -0.434. The van der Waals surface area contributed by atoms with Gasteiger partial charge in [-0.05, 0) is 38.8 Å². The van der Waals surface area contributed by atoms with Crippen LogP contribution in [0.3, 0.4) is 0 Å². The Bertz CT molecular complexity index is 772. The molecule has 0 aromatic rings. The third kappa shape index (κ3) is 32.5. The summed E-state index contributed by atoms with van der Waals surface area (Å²) >= 11 is 0.